The molecule has 9 heteroatoms. The zero-order valence-corrected chi connectivity index (χ0v) is 18.8. The third kappa shape index (κ3) is 2.51. The van der Waals surface area contributed by atoms with E-state index in [1.54, 1.807) is 36.0 Å². The number of hydrogen-bond donors (Lipinski definition) is 2. The van der Waals surface area contributed by atoms with Gasteiger partial charge in [0.05, 0.1) is 35.5 Å². The Morgan fingerprint density at radius 3 is 2.58 bits per heavy atom. The Bertz CT molecular complexity index is 1230. The summed E-state index contributed by atoms with van der Waals surface area (Å²) in [5, 5.41) is 6.72. The van der Waals surface area contributed by atoms with Gasteiger partial charge in [0.25, 0.3) is 11.8 Å². The molecule has 0 bridgehead atoms. The van der Waals surface area contributed by atoms with Crippen LogP contribution in [-0.2, 0) is 6.42 Å². The Balaban J connectivity index is 1.17. The van der Waals surface area contributed by atoms with Gasteiger partial charge in [-0.2, -0.15) is 0 Å². The fraction of sp³-hybridized carbons (Fsp3) is 0.375. The molecule has 1 saturated heterocycles. The standard InChI is InChI=1S/C24H22N4O4S/c1-24(26-20-15-8-9-32-18(15)6-7-19(20)33-24)28-17-11-12(10-16(17)25-23(28)31)27-21(29)13-4-2-3-5-14(13)22(27)30/h2-7,12,16-17,26H,8-11H2,1H3,(H,25,31)/t12-,16-,17+,24?/m0/s1. The zero-order valence-electron chi connectivity index (χ0n) is 18.0. The Kier molecular flexibility index (Phi) is 3.76. The van der Waals surface area contributed by atoms with Gasteiger partial charge in [-0.05, 0) is 44.0 Å². The lowest BCUT2D eigenvalue weighted by Crippen LogP contribution is -2.53. The van der Waals surface area contributed by atoms with E-state index in [2.05, 4.69) is 10.6 Å². The van der Waals surface area contributed by atoms with Crippen LogP contribution in [0.1, 0.15) is 46.0 Å². The summed E-state index contributed by atoms with van der Waals surface area (Å²) >= 11 is 1.63. The molecule has 8 nitrogen and oxygen atoms in total. The lowest BCUT2D eigenvalue weighted by Gasteiger charge is -2.38. The van der Waals surface area contributed by atoms with Crippen molar-refractivity contribution < 1.29 is 19.1 Å². The average molecular weight is 463 g/mol. The van der Waals surface area contributed by atoms with Gasteiger partial charge in [-0.25, -0.2) is 4.79 Å². The molecular weight excluding hydrogens is 440 g/mol. The highest BCUT2D eigenvalue weighted by Crippen LogP contribution is 2.53. The van der Waals surface area contributed by atoms with Gasteiger partial charge in [0.1, 0.15) is 5.75 Å². The number of carbonyl (C=O) groups is 3. The van der Waals surface area contributed by atoms with E-state index < -0.39 is 4.99 Å². The van der Waals surface area contributed by atoms with Crippen molar-refractivity contribution in [3.63, 3.8) is 0 Å². The van der Waals surface area contributed by atoms with Crippen LogP contribution >= 0.6 is 11.8 Å². The van der Waals surface area contributed by atoms with Crippen LogP contribution in [0.25, 0.3) is 0 Å². The summed E-state index contributed by atoms with van der Waals surface area (Å²) in [7, 11) is 0. The van der Waals surface area contributed by atoms with Crippen LogP contribution in [0.2, 0.25) is 0 Å². The summed E-state index contributed by atoms with van der Waals surface area (Å²) in [6, 6.07) is 10.4. The molecule has 7 rings (SSSR count). The molecule has 0 spiro atoms. The predicted octanol–water partition coefficient (Wildman–Crippen LogP) is 3.03. The third-order valence-corrected chi connectivity index (χ3v) is 8.78. The van der Waals surface area contributed by atoms with E-state index in [0.29, 0.717) is 30.6 Å². The van der Waals surface area contributed by atoms with E-state index in [4.69, 9.17) is 4.74 Å². The normalized spacial score (nSPS) is 31.2. The Hall–Kier alpha value is -3.20. The van der Waals surface area contributed by atoms with Crippen LogP contribution in [0.4, 0.5) is 10.5 Å². The quantitative estimate of drug-likeness (QED) is 0.667. The molecule has 0 radical (unpaired) electrons. The number of thioether (sulfide) groups is 1. The predicted molar refractivity (Wildman–Crippen MR) is 121 cm³/mol. The van der Waals surface area contributed by atoms with E-state index in [-0.39, 0.29) is 36.0 Å². The number of amides is 4. The third-order valence-electron chi connectivity index (χ3n) is 7.52. The van der Waals surface area contributed by atoms with E-state index in [1.165, 1.54) is 4.90 Å². The molecule has 2 aromatic carbocycles. The Morgan fingerprint density at radius 2 is 1.82 bits per heavy atom. The van der Waals surface area contributed by atoms with Gasteiger partial charge >= 0.3 is 6.03 Å². The lowest BCUT2D eigenvalue weighted by molar-refractivity contribution is 0.0579. The van der Waals surface area contributed by atoms with Crippen molar-refractivity contribution in [3.8, 4) is 5.75 Å². The van der Waals surface area contributed by atoms with E-state index in [1.807, 2.05) is 24.0 Å². The maximum absolute atomic E-state index is 13.1. The molecule has 1 aliphatic carbocycles. The summed E-state index contributed by atoms with van der Waals surface area (Å²) in [6.45, 7) is 2.70. The van der Waals surface area contributed by atoms with Gasteiger partial charge in [0.2, 0.25) is 0 Å². The van der Waals surface area contributed by atoms with Gasteiger partial charge in [-0.15, -0.1) is 0 Å². The van der Waals surface area contributed by atoms with Gasteiger partial charge < -0.3 is 15.4 Å². The Labute approximate surface area is 194 Å². The largest absolute Gasteiger partial charge is 0.493 e. The number of carbonyl (C=O) groups excluding carboxylic acids is 3. The molecule has 0 aromatic heterocycles. The first-order chi connectivity index (χ1) is 15.9. The molecule has 168 valence electrons. The first kappa shape index (κ1) is 19.3. The maximum atomic E-state index is 13.1. The van der Waals surface area contributed by atoms with Crippen molar-refractivity contribution in [2.75, 3.05) is 11.9 Å². The summed E-state index contributed by atoms with van der Waals surface area (Å²) in [4.78, 5) is 42.8. The number of anilines is 1. The number of rotatable bonds is 2. The second kappa shape index (κ2) is 6.44. The van der Waals surface area contributed by atoms with Crippen molar-refractivity contribution >= 4 is 35.3 Å². The van der Waals surface area contributed by atoms with E-state index in [0.717, 1.165) is 28.3 Å². The number of urea groups is 1. The molecule has 1 saturated carbocycles. The number of nitrogens with zero attached hydrogens (tertiary/aromatic N) is 2. The number of fused-ring (bicyclic) bond motifs is 5. The molecular formula is C24H22N4O4S. The minimum Gasteiger partial charge on any atom is -0.493 e. The topological polar surface area (TPSA) is 91.0 Å². The maximum Gasteiger partial charge on any atom is 0.320 e. The van der Waals surface area contributed by atoms with Gasteiger partial charge in [0, 0.05) is 22.9 Å². The molecule has 5 aliphatic rings. The summed E-state index contributed by atoms with van der Waals surface area (Å²) in [5.74, 6) is 0.434. The number of ether oxygens (including phenoxy) is 1. The monoisotopic (exact) mass is 462 g/mol. The highest BCUT2D eigenvalue weighted by Gasteiger charge is 2.57. The minimum atomic E-state index is -0.666. The van der Waals surface area contributed by atoms with Crippen LogP contribution in [-0.4, -0.2) is 57.4 Å². The first-order valence-corrected chi connectivity index (χ1v) is 12.1. The Morgan fingerprint density at radius 1 is 1.06 bits per heavy atom. The van der Waals surface area contributed by atoms with Crippen molar-refractivity contribution in [1.82, 2.24) is 15.1 Å². The van der Waals surface area contributed by atoms with Crippen LogP contribution in [0.5, 0.6) is 5.75 Å². The van der Waals surface area contributed by atoms with Crippen molar-refractivity contribution in [1.29, 1.82) is 0 Å². The highest BCUT2D eigenvalue weighted by molar-refractivity contribution is 8.01. The summed E-state index contributed by atoms with van der Waals surface area (Å²) in [5.41, 5.74) is 3.14. The summed E-state index contributed by atoms with van der Waals surface area (Å²) in [6.07, 6.45) is 1.97. The molecule has 2 aromatic rings. The molecule has 33 heavy (non-hydrogen) atoms. The zero-order chi connectivity index (χ0) is 22.5. The number of imide groups is 1. The fourth-order valence-corrected chi connectivity index (χ4v) is 7.44. The van der Waals surface area contributed by atoms with Crippen LogP contribution in [0, 0.1) is 0 Å². The van der Waals surface area contributed by atoms with Gasteiger partial charge in [-0.3, -0.25) is 19.4 Å². The number of nitrogens with one attached hydrogen (secondary N) is 2. The van der Waals surface area contributed by atoms with Crippen LogP contribution < -0.4 is 15.4 Å². The number of hydrogen-bond acceptors (Lipinski definition) is 6. The highest BCUT2D eigenvalue weighted by atomic mass is 32.2. The summed E-state index contributed by atoms with van der Waals surface area (Å²) < 4.78 is 5.71. The molecule has 4 aliphatic heterocycles. The van der Waals surface area contributed by atoms with Gasteiger partial charge in [0.15, 0.2) is 4.99 Å². The first-order valence-electron chi connectivity index (χ1n) is 11.3. The second-order valence-corrected chi connectivity index (χ2v) is 10.8. The number of benzene rings is 2. The van der Waals surface area contributed by atoms with Crippen molar-refractivity contribution in [2.45, 2.75) is 54.2 Å². The molecule has 2 fully saturated rings. The van der Waals surface area contributed by atoms with Crippen LogP contribution in [0.3, 0.4) is 0 Å². The lowest BCUT2D eigenvalue weighted by atomic mass is 10.1. The fourth-order valence-electron chi connectivity index (χ4n) is 6.13. The van der Waals surface area contributed by atoms with E-state index in [9.17, 15) is 14.4 Å². The van der Waals surface area contributed by atoms with Crippen molar-refractivity contribution in [3.05, 3.63) is 53.1 Å². The van der Waals surface area contributed by atoms with Gasteiger partial charge in [-0.1, -0.05) is 23.9 Å². The second-order valence-electron chi connectivity index (χ2n) is 9.37. The SMILES string of the molecule is CC1(N2C(=O)N[C@H]3C[C@H](N4C(=O)c5ccccc5C4=O)C[C@H]32)Nc2c(ccc3c2CCO3)S1. The molecule has 4 heterocycles. The minimum absolute atomic E-state index is 0.108. The molecule has 4 atom stereocenters. The van der Waals surface area contributed by atoms with Crippen LogP contribution in [0.15, 0.2) is 41.3 Å². The molecule has 2 N–H and O–H groups in total. The van der Waals surface area contributed by atoms with Crippen molar-refractivity contribution in [2.24, 2.45) is 0 Å². The average Bonchev–Trinajstić information content (AvgIpc) is 3.57. The molecule has 1 unspecified atom stereocenters. The smallest absolute Gasteiger partial charge is 0.320 e. The molecule has 4 amide bonds. The van der Waals surface area contributed by atoms with E-state index >= 15 is 0 Å².